The van der Waals surface area contributed by atoms with Crippen LogP contribution in [0.4, 0.5) is 0 Å². The summed E-state index contributed by atoms with van der Waals surface area (Å²) in [5.41, 5.74) is 2.56. The molecular formula is C13H21BN2O3. The average molecular weight is 264 g/mol. The van der Waals surface area contributed by atoms with Crippen LogP contribution < -0.4 is 5.59 Å². The fraction of sp³-hybridized carbons (Fsp3) is 0.769. The van der Waals surface area contributed by atoms with Crippen molar-refractivity contribution < 1.29 is 14.0 Å². The fourth-order valence-electron chi connectivity index (χ4n) is 2.58. The molecule has 6 heteroatoms. The summed E-state index contributed by atoms with van der Waals surface area (Å²) in [7, 11) is 1.57. The highest BCUT2D eigenvalue weighted by atomic mass is 16.7. The first-order chi connectivity index (χ1) is 8.82. The number of hydrogen-bond acceptors (Lipinski definition) is 4. The van der Waals surface area contributed by atoms with Crippen molar-refractivity contribution in [1.29, 1.82) is 0 Å². The van der Waals surface area contributed by atoms with Gasteiger partial charge in [-0.15, -0.1) is 0 Å². The van der Waals surface area contributed by atoms with Crippen LogP contribution in [-0.2, 0) is 34.1 Å². The van der Waals surface area contributed by atoms with Crippen molar-refractivity contribution in [3.63, 3.8) is 0 Å². The van der Waals surface area contributed by atoms with Crippen LogP contribution in [0.2, 0.25) is 0 Å². The Hall–Kier alpha value is -0.845. The van der Waals surface area contributed by atoms with E-state index in [0.29, 0.717) is 6.61 Å². The third kappa shape index (κ3) is 1.93. The first-order valence-corrected chi connectivity index (χ1v) is 6.80. The van der Waals surface area contributed by atoms with Crippen molar-refractivity contribution in [3.05, 3.63) is 11.3 Å². The van der Waals surface area contributed by atoms with Gasteiger partial charge in [0.1, 0.15) is 0 Å². The minimum absolute atomic E-state index is 0.336. The van der Waals surface area contributed by atoms with E-state index in [1.807, 2.05) is 11.7 Å². The molecule has 0 radical (unpaired) electrons. The van der Waals surface area contributed by atoms with Crippen molar-refractivity contribution >= 4 is 12.7 Å². The fourth-order valence-corrected chi connectivity index (χ4v) is 2.58. The topological polar surface area (TPSA) is 45.5 Å². The minimum Gasteiger partial charge on any atom is -0.398 e. The molecule has 19 heavy (non-hydrogen) atoms. The second-order valence-electron chi connectivity index (χ2n) is 6.32. The molecule has 1 saturated heterocycles. The Kier molecular flexibility index (Phi) is 2.82. The molecule has 0 aromatic carbocycles. The van der Waals surface area contributed by atoms with Gasteiger partial charge in [0.15, 0.2) is 0 Å². The van der Waals surface area contributed by atoms with Crippen molar-refractivity contribution in [2.24, 2.45) is 7.05 Å². The molecule has 0 atom stereocenters. The van der Waals surface area contributed by atoms with Crippen LogP contribution in [0.3, 0.4) is 0 Å². The molecule has 3 heterocycles. The van der Waals surface area contributed by atoms with Gasteiger partial charge in [0.05, 0.1) is 30.0 Å². The molecule has 2 aliphatic heterocycles. The first-order valence-electron chi connectivity index (χ1n) is 6.80. The second-order valence-corrected chi connectivity index (χ2v) is 6.32. The summed E-state index contributed by atoms with van der Waals surface area (Å²) in [4.78, 5) is 0. The highest BCUT2D eigenvalue weighted by molar-refractivity contribution is 6.61. The number of fused-ring (bicyclic) bond motifs is 1. The van der Waals surface area contributed by atoms with E-state index >= 15 is 0 Å². The lowest BCUT2D eigenvalue weighted by Crippen LogP contribution is -2.41. The summed E-state index contributed by atoms with van der Waals surface area (Å²) in [6, 6.07) is 0. The Labute approximate surface area is 114 Å². The zero-order valence-electron chi connectivity index (χ0n) is 12.3. The van der Waals surface area contributed by atoms with Crippen LogP contribution in [0, 0.1) is 0 Å². The number of aryl methyl sites for hydroxylation is 1. The Morgan fingerprint density at radius 3 is 2.42 bits per heavy atom. The maximum atomic E-state index is 6.08. The monoisotopic (exact) mass is 264 g/mol. The lowest BCUT2D eigenvalue weighted by molar-refractivity contribution is 0.00578. The predicted molar refractivity (Wildman–Crippen MR) is 72.3 cm³/mol. The third-order valence-electron chi connectivity index (χ3n) is 4.51. The molecule has 1 aromatic rings. The molecule has 0 aliphatic carbocycles. The van der Waals surface area contributed by atoms with Crippen LogP contribution in [-0.4, -0.2) is 34.7 Å². The summed E-state index contributed by atoms with van der Waals surface area (Å²) < 4.78 is 19.6. The standard InChI is InChI=1S/C13H21BN2O3/c1-12(2)13(3,4)19-14(18-12)11-9-8-17-7-6-10(9)16(5)15-11/h6-8H2,1-5H3. The maximum Gasteiger partial charge on any atom is 0.516 e. The van der Waals surface area contributed by atoms with Crippen LogP contribution in [0.15, 0.2) is 0 Å². The van der Waals surface area contributed by atoms with E-state index in [-0.39, 0.29) is 11.2 Å². The Balaban J connectivity index is 1.97. The molecule has 3 rings (SSSR count). The van der Waals surface area contributed by atoms with Crippen molar-refractivity contribution in [3.8, 4) is 0 Å². The number of rotatable bonds is 1. The zero-order valence-corrected chi connectivity index (χ0v) is 12.3. The van der Waals surface area contributed by atoms with E-state index in [4.69, 9.17) is 14.0 Å². The second kappa shape index (κ2) is 4.07. The van der Waals surface area contributed by atoms with Gasteiger partial charge in [-0.3, -0.25) is 4.68 Å². The number of ether oxygens (including phenoxy) is 1. The van der Waals surface area contributed by atoms with E-state index in [1.165, 1.54) is 5.69 Å². The number of aromatic nitrogens is 2. The van der Waals surface area contributed by atoms with E-state index in [1.54, 1.807) is 0 Å². The highest BCUT2D eigenvalue weighted by Crippen LogP contribution is 2.36. The molecule has 0 saturated carbocycles. The van der Waals surface area contributed by atoms with Gasteiger partial charge in [0, 0.05) is 24.7 Å². The van der Waals surface area contributed by atoms with Crippen molar-refractivity contribution in [2.75, 3.05) is 6.61 Å². The summed E-state index contributed by atoms with van der Waals surface area (Å²) >= 11 is 0. The number of nitrogens with zero attached hydrogens (tertiary/aromatic N) is 2. The van der Waals surface area contributed by atoms with Gasteiger partial charge in [-0.2, -0.15) is 5.10 Å². The quantitative estimate of drug-likeness (QED) is 0.703. The van der Waals surface area contributed by atoms with Crippen LogP contribution >= 0.6 is 0 Å². The lowest BCUT2D eigenvalue weighted by atomic mass is 9.81. The molecule has 1 aromatic heterocycles. The largest absolute Gasteiger partial charge is 0.516 e. The van der Waals surface area contributed by atoms with Gasteiger partial charge in [0.25, 0.3) is 0 Å². The van der Waals surface area contributed by atoms with Gasteiger partial charge >= 0.3 is 7.12 Å². The summed E-state index contributed by atoms with van der Waals surface area (Å²) in [5, 5.41) is 4.59. The van der Waals surface area contributed by atoms with Gasteiger partial charge in [-0.1, -0.05) is 0 Å². The normalized spacial score (nSPS) is 24.6. The third-order valence-corrected chi connectivity index (χ3v) is 4.51. The van der Waals surface area contributed by atoms with Crippen molar-refractivity contribution in [2.45, 2.75) is 51.9 Å². The summed E-state index contributed by atoms with van der Waals surface area (Å²) in [6.45, 7) is 9.58. The maximum absolute atomic E-state index is 6.08. The van der Waals surface area contributed by atoms with E-state index in [0.717, 1.165) is 24.2 Å². The van der Waals surface area contributed by atoms with E-state index in [9.17, 15) is 0 Å². The molecule has 0 unspecified atom stereocenters. The molecule has 0 spiro atoms. The molecule has 104 valence electrons. The Morgan fingerprint density at radius 1 is 1.16 bits per heavy atom. The summed E-state index contributed by atoms with van der Waals surface area (Å²) in [6.07, 6.45) is 0.901. The van der Waals surface area contributed by atoms with Crippen molar-refractivity contribution in [1.82, 2.24) is 9.78 Å². The molecule has 0 N–H and O–H groups in total. The molecule has 1 fully saturated rings. The van der Waals surface area contributed by atoms with Gasteiger partial charge in [0.2, 0.25) is 0 Å². The van der Waals surface area contributed by atoms with Crippen LogP contribution in [0.25, 0.3) is 0 Å². The highest BCUT2D eigenvalue weighted by Gasteiger charge is 2.53. The van der Waals surface area contributed by atoms with E-state index < -0.39 is 7.12 Å². The molecule has 0 bridgehead atoms. The van der Waals surface area contributed by atoms with Gasteiger partial charge in [-0.25, -0.2) is 0 Å². The first kappa shape index (κ1) is 13.2. The molecule has 5 nitrogen and oxygen atoms in total. The smallest absolute Gasteiger partial charge is 0.398 e. The number of hydrogen-bond donors (Lipinski definition) is 0. The van der Waals surface area contributed by atoms with E-state index in [2.05, 4.69) is 32.8 Å². The van der Waals surface area contributed by atoms with Crippen LogP contribution in [0.1, 0.15) is 39.0 Å². The minimum atomic E-state index is -0.401. The van der Waals surface area contributed by atoms with Crippen LogP contribution in [0.5, 0.6) is 0 Å². The zero-order chi connectivity index (χ0) is 13.8. The summed E-state index contributed by atoms with van der Waals surface area (Å²) in [5.74, 6) is 0. The molecule has 2 aliphatic rings. The SMILES string of the molecule is Cn1nc(B2OC(C)(C)C(C)(C)O2)c2c1CCOC2. The van der Waals surface area contributed by atoms with Gasteiger partial charge < -0.3 is 14.0 Å². The Bertz CT molecular complexity index is 494. The predicted octanol–water partition coefficient (Wildman–Crippen LogP) is 0.792. The Morgan fingerprint density at radius 2 is 1.79 bits per heavy atom. The molecule has 0 amide bonds. The lowest BCUT2D eigenvalue weighted by Gasteiger charge is -2.32. The average Bonchev–Trinajstić information content (AvgIpc) is 2.76. The molecular weight excluding hydrogens is 243 g/mol. The van der Waals surface area contributed by atoms with Gasteiger partial charge in [-0.05, 0) is 27.7 Å².